The SMILES string of the molecule is O=C(Nc1cnc(Oc2ccc(-c3cnc(N4CCC4)s3)cc2)nc1)Nc1cc(C(F)(F)F)ccc1-c1cccnc1. The van der Waals surface area contributed by atoms with Crippen LogP contribution >= 0.6 is 11.3 Å². The number of hydrogen-bond donors (Lipinski definition) is 2. The molecule has 3 aromatic heterocycles. The molecule has 212 valence electrons. The lowest BCUT2D eigenvalue weighted by atomic mass is 10.0. The number of carbonyl (C=O) groups excluding carboxylic acids is 1. The molecule has 1 saturated heterocycles. The van der Waals surface area contributed by atoms with E-state index in [1.165, 1.54) is 31.1 Å². The molecule has 0 saturated carbocycles. The van der Waals surface area contributed by atoms with Gasteiger partial charge in [-0.3, -0.25) is 4.98 Å². The van der Waals surface area contributed by atoms with Crippen LogP contribution in [0.2, 0.25) is 0 Å². The molecule has 4 heterocycles. The molecule has 6 rings (SSSR count). The van der Waals surface area contributed by atoms with Crippen LogP contribution in [0.1, 0.15) is 12.0 Å². The van der Waals surface area contributed by atoms with Crippen molar-refractivity contribution in [2.24, 2.45) is 0 Å². The number of carbonyl (C=O) groups is 1. The summed E-state index contributed by atoms with van der Waals surface area (Å²) in [5, 5.41) is 6.04. The lowest BCUT2D eigenvalue weighted by Gasteiger charge is -2.30. The number of nitrogens with one attached hydrogen (secondary N) is 2. The monoisotopic (exact) mass is 589 g/mol. The maximum atomic E-state index is 13.3. The van der Waals surface area contributed by atoms with Crippen molar-refractivity contribution >= 4 is 33.9 Å². The molecule has 2 aromatic carbocycles. The zero-order chi connectivity index (χ0) is 29.1. The van der Waals surface area contributed by atoms with Crippen LogP contribution in [-0.2, 0) is 6.18 Å². The maximum Gasteiger partial charge on any atom is 0.416 e. The van der Waals surface area contributed by atoms with Crippen molar-refractivity contribution in [3.05, 3.63) is 91.1 Å². The number of halogens is 3. The van der Waals surface area contributed by atoms with Gasteiger partial charge in [-0.05, 0) is 54.4 Å². The van der Waals surface area contributed by atoms with Crippen LogP contribution in [0, 0.1) is 0 Å². The van der Waals surface area contributed by atoms with Crippen LogP contribution in [0.25, 0.3) is 21.6 Å². The van der Waals surface area contributed by atoms with Crippen molar-refractivity contribution in [2.75, 3.05) is 28.6 Å². The first-order valence-electron chi connectivity index (χ1n) is 12.8. The second-order valence-corrected chi connectivity index (χ2v) is 10.3. The number of thiazole rings is 1. The van der Waals surface area contributed by atoms with Gasteiger partial charge in [-0.15, -0.1) is 0 Å². The van der Waals surface area contributed by atoms with Gasteiger partial charge in [-0.1, -0.05) is 23.5 Å². The molecule has 0 aliphatic carbocycles. The van der Waals surface area contributed by atoms with Crippen LogP contribution in [0.15, 0.2) is 85.6 Å². The van der Waals surface area contributed by atoms with Crippen molar-refractivity contribution in [1.29, 1.82) is 0 Å². The topological polar surface area (TPSA) is 105 Å². The van der Waals surface area contributed by atoms with Gasteiger partial charge in [0.2, 0.25) is 0 Å². The third-order valence-corrected chi connectivity index (χ3v) is 7.53. The number of hydrogen-bond acceptors (Lipinski definition) is 8. The second kappa shape index (κ2) is 11.4. The van der Waals surface area contributed by atoms with Crippen LogP contribution in [-0.4, -0.2) is 39.1 Å². The molecule has 13 heteroatoms. The van der Waals surface area contributed by atoms with Crippen LogP contribution in [0.5, 0.6) is 11.8 Å². The molecule has 1 fully saturated rings. The molecule has 9 nitrogen and oxygen atoms in total. The summed E-state index contributed by atoms with van der Waals surface area (Å²) in [5.41, 5.74) is 1.23. The first-order valence-corrected chi connectivity index (χ1v) is 13.6. The third-order valence-electron chi connectivity index (χ3n) is 6.42. The Bertz CT molecular complexity index is 1690. The number of alkyl halides is 3. The lowest BCUT2D eigenvalue weighted by Crippen LogP contribution is -2.36. The number of aromatic nitrogens is 4. The molecule has 0 bridgehead atoms. The van der Waals surface area contributed by atoms with Crippen molar-refractivity contribution in [3.8, 4) is 33.3 Å². The third kappa shape index (κ3) is 6.15. The van der Waals surface area contributed by atoms with Gasteiger partial charge in [0.1, 0.15) is 5.75 Å². The maximum absolute atomic E-state index is 13.3. The fourth-order valence-corrected chi connectivity index (χ4v) is 5.13. The first kappa shape index (κ1) is 27.1. The summed E-state index contributed by atoms with van der Waals surface area (Å²) in [5.74, 6) is 0.525. The van der Waals surface area contributed by atoms with Gasteiger partial charge < -0.3 is 20.3 Å². The van der Waals surface area contributed by atoms with E-state index in [4.69, 9.17) is 4.74 Å². The van der Waals surface area contributed by atoms with E-state index in [9.17, 15) is 18.0 Å². The van der Waals surface area contributed by atoms with Gasteiger partial charge in [0.25, 0.3) is 0 Å². The predicted molar refractivity (Wildman–Crippen MR) is 154 cm³/mol. The largest absolute Gasteiger partial charge is 0.424 e. The minimum atomic E-state index is -4.58. The number of rotatable bonds is 7. The lowest BCUT2D eigenvalue weighted by molar-refractivity contribution is -0.137. The average molecular weight is 590 g/mol. The van der Waals surface area contributed by atoms with Gasteiger partial charge >= 0.3 is 18.2 Å². The Hall–Kier alpha value is -5.04. The number of benzene rings is 2. The summed E-state index contributed by atoms with van der Waals surface area (Å²) >= 11 is 1.64. The summed E-state index contributed by atoms with van der Waals surface area (Å²) in [6.07, 6.45) is 4.19. The van der Waals surface area contributed by atoms with Crippen molar-refractivity contribution < 1.29 is 22.7 Å². The predicted octanol–water partition coefficient (Wildman–Crippen LogP) is 7.33. The van der Waals surface area contributed by atoms with Gasteiger partial charge in [0.15, 0.2) is 5.13 Å². The Morgan fingerprint density at radius 3 is 2.36 bits per heavy atom. The Labute approximate surface area is 242 Å². The molecule has 0 radical (unpaired) electrons. The minimum Gasteiger partial charge on any atom is -0.424 e. The van der Waals surface area contributed by atoms with E-state index in [2.05, 4.69) is 35.5 Å². The highest BCUT2D eigenvalue weighted by Gasteiger charge is 2.31. The van der Waals surface area contributed by atoms with Crippen molar-refractivity contribution in [2.45, 2.75) is 12.6 Å². The summed E-state index contributed by atoms with van der Waals surface area (Å²) in [4.78, 5) is 32.7. The fourth-order valence-electron chi connectivity index (χ4n) is 4.16. The van der Waals surface area contributed by atoms with Gasteiger partial charge in [0, 0.05) is 42.8 Å². The zero-order valence-electron chi connectivity index (χ0n) is 21.8. The van der Waals surface area contributed by atoms with E-state index < -0.39 is 17.8 Å². The van der Waals surface area contributed by atoms with E-state index in [-0.39, 0.29) is 17.4 Å². The summed E-state index contributed by atoms with van der Waals surface area (Å²) in [6, 6.07) is 13.2. The minimum absolute atomic E-state index is 0.0326. The molecule has 0 unspecified atom stereocenters. The van der Waals surface area contributed by atoms with Crippen molar-refractivity contribution in [1.82, 2.24) is 19.9 Å². The molecule has 2 N–H and O–H groups in total. The molecule has 1 aliphatic heterocycles. The fraction of sp³-hybridized carbons (Fsp3) is 0.138. The Morgan fingerprint density at radius 1 is 0.905 bits per heavy atom. The van der Waals surface area contributed by atoms with Crippen LogP contribution < -0.4 is 20.3 Å². The summed E-state index contributed by atoms with van der Waals surface area (Å²) in [6.45, 7) is 2.09. The van der Waals surface area contributed by atoms with E-state index in [0.29, 0.717) is 16.9 Å². The number of ether oxygens (including phenoxy) is 1. The van der Waals surface area contributed by atoms with Gasteiger partial charge in [0.05, 0.1) is 34.2 Å². The number of nitrogens with zero attached hydrogens (tertiary/aromatic N) is 5. The molecule has 42 heavy (non-hydrogen) atoms. The molecule has 0 spiro atoms. The Kier molecular flexibility index (Phi) is 7.40. The first-order chi connectivity index (χ1) is 20.3. The van der Waals surface area contributed by atoms with Gasteiger partial charge in [-0.25, -0.2) is 19.7 Å². The highest BCUT2D eigenvalue weighted by Crippen LogP contribution is 2.36. The Morgan fingerprint density at radius 2 is 1.69 bits per heavy atom. The van der Waals surface area contributed by atoms with Crippen molar-refractivity contribution in [3.63, 3.8) is 0 Å². The quantitative estimate of drug-likeness (QED) is 0.205. The standard InChI is InChI=1S/C29H22F3N7O2S/c30-29(31,32)20-6-9-23(19-3-1-10-33-14-19)24(13-20)38-26(40)37-21-15-34-27(35-16-21)41-22-7-4-18(5-8-22)25-17-36-28(42-25)39-11-2-12-39/h1,3-10,13-17H,2,11-12H2,(H2,37,38,40). The normalized spacial score (nSPS) is 12.9. The molecule has 1 aliphatic rings. The zero-order valence-corrected chi connectivity index (χ0v) is 22.6. The molecule has 0 atom stereocenters. The Balaban J connectivity index is 1.09. The van der Waals surface area contributed by atoms with Gasteiger partial charge in [-0.2, -0.15) is 13.2 Å². The second-order valence-electron chi connectivity index (χ2n) is 9.31. The number of pyridine rings is 1. The summed E-state index contributed by atoms with van der Waals surface area (Å²) < 4.78 is 45.8. The highest BCUT2D eigenvalue weighted by atomic mass is 32.1. The van der Waals surface area contributed by atoms with E-state index in [0.717, 1.165) is 40.8 Å². The average Bonchev–Trinajstić information content (AvgIpc) is 3.43. The summed E-state index contributed by atoms with van der Waals surface area (Å²) in [7, 11) is 0. The molecular formula is C29H22F3N7O2S. The number of anilines is 3. The smallest absolute Gasteiger partial charge is 0.416 e. The highest BCUT2D eigenvalue weighted by molar-refractivity contribution is 7.18. The number of amides is 2. The molecule has 2 amide bonds. The van der Waals surface area contributed by atoms with E-state index in [1.54, 1.807) is 41.8 Å². The van der Waals surface area contributed by atoms with E-state index >= 15 is 0 Å². The molecule has 5 aromatic rings. The number of urea groups is 1. The van der Waals surface area contributed by atoms with Crippen LogP contribution in [0.4, 0.5) is 34.5 Å². The van der Waals surface area contributed by atoms with E-state index in [1.807, 2.05) is 18.3 Å². The van der Waals surface area contributed by atoms with Crippen LogP contribution in [0.3, 0.4) is 0 Å². The molecular weight excluding hydrogens is 567 g/mol.